The summed E-state index contributed by atoms with van der Waals surface area (Å²) < 4.78 is 1.06. The van der Waals surface area contributed by atoms with E-state index in [-0.39, 0.29) is 0 Å². The lowest BCUT2D eigenvalue weighted by Crippen LogP contribution is -2.02. The van der Waals surface area contributed by atoms with Crippen molar-refractivity contribution >= 4 is 43.9 Å². The number of nitrogens with zero attached hydrogens (tertiary/aromatic N) is 2. The molecule has 0 spiro atoms. The van der Waals surface area contributed by atoms with Gasteiger partial charge in [0.15, 0.2) is 0 Å². The van der Waals surface area contributed by atoms with Gasteiger partial charge in [0.05, 0.1) is 22.8 Å². The predicted octanol–water partition coefficient (Wildman–Crippen LogP) is 4.68. The normalized spacial score (nSPS) is 10.9. The first-order valence-electron chi connectivity index (χ1n) is 6.34. The first-order valence-corrected chi connectivity index (χ1v) is 7.95. The van der Waals surface area contributed by atoms with Gasteiger partial charge >= 0.3 is 0 Å². The van der Waals surface area contributed by atoms with E-state index in [0.29, 0.717) is 0 Å². The molecule has 2 heterocycles. The first-order chi connectivity index (χ1) is 9.63. The molecule has 0 bridgehead atoms. The van der Waals surface area contributed by atoms with Crippen LogP contribution >= 0.6 is 27.3 Å². The van der Waals surface area contributed by atoms with Crippen molar-refractivity contribution in [2.45, 2.75) is 20.4 Å². The molecule has 0 aliphatic carbocycles. The van der Waals surface area contributed by atoms with E-state index in [1.54, 1.807) is 11.3 Å². The minimum Gasteiger partial charge on any atom is -0.379 e. The Morgan fingerprint density at radius 1 is 1.25 bits per heavy atom. The fraction of sp³-hybridized carbons (Fsp3) is 0.200. The molecule has 1 aromatic carbocycles. The van der Waals surface area contributed by atoms with Crippen molar-refractivity contribution in [3.63, 3.8) is 0 Å². The Labute approximate surface area is 130 Å². The second-order valence-corrected chi connectivity index (χ2v) is 6.93. The standard InChI is InChI=1S/C15H14BrN3S/c1-9-15(19-10(2)20-9)8-18-14-5-6-17-13-4-3-11(16)7-12(13)14/h3-7H,8H2,1-2H3,(H,17,18). The molecule has 0 unspecified atom stereocenters. The molecule has 3 aromatic rings. The van der Waals surface area contributed by atoms with E-state index in [9.17, 15) is 0 Å². The Kier molecular flexibility index (Phi) is 3.72. The number of hydrogen-bond acceptors (Lipinski definition) is 4. The van der Waals surface area contributed by atoms with E-state index in [2.05, 4.69) is 44.2 Å². The number of pyridine rings is 1. The van der Waals surface area contributed by atoms with Gasteiger partial charge in [-0.1, -0.05) is 15.9 Å². The highest BCUT2D eigenvalue weighted by molar-refractivity contribution is 9.10. The van der Waals surface area contributed by atoms with E-state index in [1.165, 1.54) is 4.88 Å². The molecule has 0 amide bonds. The van der Waals surface area contributed by atoms with Gasteiger partial charge in [0, 0.05) is 26.6 Å². The zero-order valence-electron chi connectivity index (χ0n) is 11.3. The van der Waals surface area contributed by atoms with Crippen LogP contribution in [0.5, 0.6) is 0 Å². The molecular weight excluding hydrogens is 334 g/mol. The van der Waals surface area contributed by atoms with Crippen molar-refractivity contribution in [2.24, 2.45) is 0 Å². The Hall–Kier alpha value is -1.46. The molecule has 0 saturated heterocycles. The smallest absolute Gasteiger partial charge is 0.0900 e. The third-order valence-corrected chi connectivity index (χ3v) is 4.57. The van der Waals surface area contributed by atoms with Gasteiger partial charge in [0.2, 0.25) is 0 Å². The number of nitrogens with one attached hydrogen (secondary N) is 1. The van der Waals surface area contributed by atoms with E-state index in [4.69, 9.17) is 0 Å². The van der Waals surface area contributed by atoms with Crippen LogP contribution in [-0.4, -0.2) is 9.97 Å². The molecule has 2 aromatic heterocycles. The fourth-order valence-corrected chi connectivity index (χ4v) is 3.38. The summed E-state index contributed by atoms with van der Waals surface area (Å²) in [7, 11) is 0. The summed E-state index contributed by atoms with van der Waals surface area (Å²) in [5.74, 6) is 0. The first kappa shape index (κ1) is 13.5. The summed E-state index contributed by atoms with van der Waals surface area (Å²) in [6.45, 7) is 4.89. The quantitative estimate of drug-likeness (QED) is 0.747. The molecule has 0 aliphatic rings. The average molecular weight is 348 g/mol. The van der Waals surface area contributed by atoms with E-state index >= 15 is 0 Å². The van der Waals surface area contributed by atoms with Crippen molar-refractivity contribution in [3.8, 4) is 0 Å². The molecular formula is C15H14BrN3S. The number of aromatic nitrogens is 2. The lowest BCUT2D eigenvalue weighted by Gasteiger charge is -2.09. The second kappa shape index (κ2) is 5.50. The van der Waals surface area contributed by atoms with Gasteiger partial charge in [-0.05, 0) is 38.1 Å². The van der Waals surface area contributed by atoms with Crippen LogP contribution in [0.2, 0.25) is 0 Å². The Morgan fingerprint density at radius 3 is 2.85 bits per heavy atom. The third kappa shape index (κ3) is 2.69. The van der Waals surface area contributed by atoms with Crippen molar-refractivity contribution < 1.29 is 0 Å². The third-order valence-electron chi connectivity index (χ3n) is 3.15. The van der Waals surface area contributed by atoms with Crippen molar-refractivity contribution in [3.05, 3.63) is 50.5 Å². The number of halogens is 1. The van der Waals surface area contributed by atoms with Crippen LogP contribution in [0, 0.1) is 13.8 Å². The molecule has 5 heteroatoms. The lowest BCUT2D eigenvalue weighted by molar-refractivity contribution is 1.04. The largest absolute Gasteiger partial charge is 0.379 e. The van der Waals surface area contributed by atoms with E-state index in [0.717, 1.165) is 38.3 Å². The molecule has 0 fully saturated rings. The van der Waals surface area contributed by atoms with Crippen LogP contribution < -0.4 is 5.32 Å². The fourth-order valence-electron chi connectivity index (χ4n) is 2.19. The second-order valence-electron chi connectivity index (χ2n) is 4.61. The maximum Gasteiger partial charge on any atom is 0.0900 e. The SMILES string of the molecule is Cc1nc(CNc2ccnc3ccc(Br)cc23)c(C)s1. The number of anilines is 1. The molecule has 0 aliphatic heterocycles. The minimum absolute atomic E-state index is 0.738. The summed E-state index contributed by atoms with van der Waals surface area (Å²) in [4.78, 5) is 10.2. The van der Waals surface area contributed by atoms with Crippen LogP contribution in [0.15, 0.2) is 34.9 Å². The number of fused-ring (bicyclic) bond motifs is 1. The zero-order chi connectivity index (χ0) is 14.1. The highest BCUT2D eigenvalue weighted by Crippen LogP contribution is 2.26. The summed E-state index contributed by atoms with van der Waals surface area (Å²) in [6.07, 6.45) is 1.83. The van der Waals surface area contributed by atoms with E-state index in [1.807, 2.05) is 31.3 Å². The van der Waals surface area contributed by atoms with Crippen LogP contribution in [0.3, 0.4) is 0 Å². The number of rotatable bonds is 3. The average Bonchev–Trinajstić information content (AvgIpc) is 2.74. The molecule has 20 heavy (non-hydrogen) atoms. The van der Waals surface area contributed by atoms with Crippen molar-refractivity contribution in [1.82, 2.24) is 9.97 Å². The minimum atomic E-state index is 0.738. The summed E-state index contributed by atoms with van der Waals surface area (Å²) in [5, 5.41) is 5.70. The molecule has 1 N–H and O–H groups in total. The molecule has 0 saturated carbocycles. The van der Waals surface area contributed by atoms with Crippen LogP contribution in [0.25, 0.3) is 10.9 Å². The Bertz CT molecular complexity index is 767. The maximum absolute atomic E-state index is 4.55. The van der Waals surface area contributed by atoms with E-state index < -0.39 is 0 Å². The number of hydrogen-bond donors (Lipinski definition) is 1. The van der Waals surface area contributed by atoms with Crippen molar-refractivity contribution in [1.29, 1.82) is 0 Å². The summed E-state index contributed by atoms with van der Waals surface area (Å²) in [5.41, 5.74) is 3.19. The van der Waals surface area contributed by atoms with Crippen molar-refractivity contribution in [2.75, 3.05) is 5.32 Å². The maximum atomic E-state index is 4.55. The van der Waals surface area contributed by atoms with Gasteiger partial charge in [0.1, 0.15) is 0 Å². The summed E-state index contributed by atoms with van der Waals surface area (Å²) in [6, 6.07) is 8.11. The molecule has 0 radical (unpaired) electrons. The van der Waals surface area contributed by atoms with Crippen LogP contribution in [-0.2, 0) is 6.54 Å². The number of aryl methyl sites for hydroxylation is 2. The molecule has 3 rings (SSSR count). The van der Waals surface area contributed by atoms with Gasteiger partial charge < -0.3 is 5.32 Å². The predicted molar refractivity (Wildman–Crippen MR) is 88.4 cm³/mol. The highest BCUT2D eigenvalue weighted by atomic mass is 79.9. The lowest BCUT2D eigenvalue weighted by atomic mass is 10.2. The topological polar surface area (TPSA) is 37.8 Å². The molecule has 0 atom stereocenters. The highest BCUT2D eigenvalue weighted by Gasteiger charge is 2.06. The number of benzene rings is 1. The van der Waals surface area contributed by atoms with Gasteiger partial charge in [-0.2, -0.15) is 0 Å². The zero-order valence-corrected chi connectivity index (χ0v) is 13.7. The number of thiazole rings is 1. The van der Waals surface area contributed by atoms with Gasteiger partial charge in [0.25, 0.3) is 0 Å². The monoisotopic (exact) mass is 347 g/mol. The molecule has 102 valence electrons. The Morgan fingerprint density at radius 2 is 2.10 bits per heavy atom. The van der Waals surface area contributed by atoms with Gasteiger partial charge in [-0.3, -0.25) is 4.98 Å². The Balaban J connectivity index is 1.91. The van der Waals surface area contributed by atoms with Crippen LogP contribution in [0.1, 0.15) is 15.6 Å². The van der Waals surface area contributed by atoms with Gasteiger partial charge in [-0.15, -0.1) is 11.3 Å². The van der Waals surface area contributed by atoms with Crippen LogP contribution in [0.4, 0.5) is 5.69 Å². The van der Waals surface area contributed by atoms with Gasteiger partial charge in [-0.25, -0.2) is 4.98 Å². The molecule has 3 nitrogen and oxygen atoms in total. The summed E-state index contributed by atoms with van der Waals surface area (Å²) >= 11 is 5.25.